The standard InChI is InChI=1S/C12H18BrNOS/c1-8(10-5-6-11(13)16-10)14-12(2,7-15)9-3-4-9/h5-6,8-9,14-15H,3-4,7H2,1-2H3. The van der Waals surface area contributed by atoms with Crippen LogP contribution in [0.25, 0.3) is 0 Å². The minimum Gasteiger partial charge on any atom is -0.394 e. The van der Waals surface area contributed by atoms with Crippen LogP contribution in [0.5, 0.6) is 0 Å². The van der Waals surface area contributed by atoms with E-state index in [0.717, 1.165) is 3.79 Å². The van der Waals surface area contributed by atoms with Crippen molar-refractivity contribution in [2.45, 2.75) is 38.3 Å². The lowest BCUT2D eigenvalue weighted by atomic mass is 9.95. The third-order valence-corrected chi connectivity index (χ3v) is 5.18. The zero-order valence-corrected chi connectivity index (χ0v) is 12.1. The molecular weight excluding hydrogens is 286 g/mol. The summed E-state index contributed by atoms with van der Waals surface area (Å²) in [6.07, 6.45) is 2.48. The highest BCUT2D eigenvalue weighted by Gasteiger charge is 2.41. The van der Waals surface area contributed by atoms with Gasteiger partial charge in [-0.3, -0.25) is 0 Å². The molecular formula is C12H18BrNOS. The number of aliphatic hydroxyl groups excluding tert-OH is 1. The predicted octanol–water partition coefficient (Wildman–Crippen LogP) is 3.32. The molecule has 0 saturated heterocycles. The highest BCUT2D eigenvalue weighted by atomic mass is 79.9. The Morgan fingerprint density at radius 1 is 1.62 bits per heavy atom. The SMILES string of the molecule is CC(NC(C)(CO)C1CC1)c1ccc(Br)s1. The summed E-state index contributed by atoms with van der Waals surface area (Å²) < 4.78 is 1.16. The first kappa shape index (κ1) is 12.6. The number of hydrogen-bond donors (Lipinski definition) is 2. The molecule has 1 aromatic heterocycles. The van der Waals surface area contributed by atoms with Crippen molar-refractivity contribution in [3.05, 3.63) is 20.8 Å². The van der Waals surface area contributed by atoms with Crippen molar-refractivity contribution in [3.8, 4) is 0 Å². The minimum absolute atomic E-state index is 0.115. The van der Waals surface area contributed by atoms with E-state index in [0.29, 0.717) is 12.0 Å². The molecule has 1 aliphatic carbocycles. The summed E-state index contributed by atoms with van der Waals surface area (Å²) in [4.78, 5) is 1.31. The zero-order chi connectivity index (χ0) is 11.8. The van der Waals surface area contributed by atoms with E-state index in [9.17, 15) is 5.11 Å². The van der Waals surface area contributed by atoms with Crippen LogP contribution in [0, 0.1) is 5.92 Å². The van der Waals surface area contributed by atoms with Crippen LogP contribution in [0.4, 0.5) is 0 Å². The average Bonchev–Trinajstić information content (AvgIpc) is 3.02. The van der Waals surface area contributed by atoms with Crippen LogP contribution in [0.1, 0.15) is 37.6 Å². The van der Waals surface area contributed by atoms with E-state index < -0.39 is 0 Å². The van der Waals surface area contributed by atoms with E-state index in [1.807, 2.05) is 0 Å². The van der Waals surface area contributed by atoms with Crippen molar-refractivity contribution in [1.29, 1.82) is 0 Å². The van der Waals surface area contributed by atoms with E-state index >= 15 is 0 Å². The molecule has 0 bridgehead atoms. The Hall–Kier alpha value is 0.1000. The fourth-order valence-electron chi connectivity index (χ4n) is 2.14. The Bertz CT molecular complexity index is 364. The normalized spacial score (nSPS) is 21.8. The highest BCUT2D eigenvalue weighted by Crippen LogP contribution is 2.41. The third-order valence-electron chi connectivity index (χ3n) is 3.37. The van der Waals surface area contributed by atoms with Gasteiger partial charge in [-0.1, -0.05) is 0 Å². The average molecular weight is 304 g/mol. The van der Waals surface area contributed by atoms with Gasteiger partial charge >= 0.3 is 0 Å². The lowest BCUT2D eigenvalue weighted by Crippen LogP contribution is -2.48. The summed E-state index contributed by atoms with van der Waals surface area (Å²) in [5.41, 5.74) is -0.115. The second-order valence-corrected chi connectivity index (χ2v) is 7.35. The number of hydrogen-bond acceptors (Lipinski definition) is 3. The molecule has 1 saturated carbocycles. The molecule has 1 aliphatic rings. The maximum absolute atomic E-state index is 9.53. The molecule has 2 unspecified atom stereocenters. The van der Waals surface area contributed by atoms with Gasteiger partial charge in [-0.15, -0.1) is 11.3 Å². The molecule has 0 radical (unpaired) electrons. The second kappa shape index (κ2) is 4.77. The maximum atomic E-state index is 9.53. The first-order valence-corrected chi connectivity index (χ1v) is 7.30. The highest BCUT2D eigenvalue weighted by molar-refractivity contribution is 9.11. The smallest absolute Gasteiger partial charge is 0.0701 e. The number of thiophene rings is 1. The Morgan fingerprint density at radius 3 is 2.75 bits per heavy atom. The van der Waals surface area contributed by atoms with Gasteiger partial charge in [0.25, 0.3) is 0 Å². The second-order valence-electron chi connectivity index (χ2n) is 4.86. The zero-order valence-electron chi connectivity index (χ0n) is 9.66. The van der Waals surface area contributed by atoms with Crippen LogP contribution in [-0.2, 0) is 0 Å². The van der Waals surface area contributed by atoms with Crippen LogP contribution in [0.2, 0.25) is 0 Å². The summed E-state index contributed by atoms with van der Waals surface area (Å²) in [5, 5.41) is 13.1. The Kier molecular flexibility index (Phi) is 3.74. The minimum atomic E-state index is -0.115. The molecule has 2 nitrogen and oxygen atoms in total. The first-order chi connectivity index (χ1) is 7.55. The third kappa shape index (κ3) is 2.67. The van der Waals surface area contributed by atoms with Crippen molar-refractivity contribution >= 4 is 27.3 Å². The van der Waals surface area contributed by atoms with E-state index in [1.54, 1.807) is 11.3 Å². The van der Waals surface area contributed by atoms with E-state index in [1.165, 1.54) is 17.7 Å². The fraction of sp³-hybridized carbons (Fsp3) is 0.667. The van der Waals surface area contributed by atoms with Gasteiger partial charge in [0.05, 0.1) is 10.4 Å². The van der Waals surface area contributed by atoms with Crippen LogP contribution in [0.15, 0.2) is 15.9 Å². The maximum Gasteiger partial charge on any atom is 0.0701 e. The van der Waals surface area contributed by atoms with Crippen LogP contribution >= 0.6 is 27.3 Å². The van der Waals surface area contributed by atoms with Gasteiger partial charge in [0.1, 0.15) is 0 Å². The molecule has 0 aliphatic heterocycles. The quantitative estimate of drug-likeness (QED) is 0.874. The Labute approximate surface area is 109 Å². The van der Waals surface area contributed by atoms with Gasteiger partial charge in [-0.2, -0.15) is 0 Å². The van der Waals surface area contributed by atoms with Gasteiger partial charge < -0.3 is 10.4 Å². The number of aliphatic hydroxyl groups is 1. The van der Waals surface area contributed by atoms with Gasteiger partial charge in [0.15, 0.2) is 0 Å². The van der Waals surface area contributed by atoms with Gasteiger partial charge in [-0.05, 0) is 60.7 Å². The predicted molar refractivity (Wildman–Crippen MR) is 71.8 cm³/mol. The molecule has 4 heteroatoms. The lowest BCUT2D eigenvalue weighted by Gasteiger charge is -2.32. The molecule has 0 spiro atoms. The first-order valence-electron chi connectivity index (χ1n) is 5.69. The number of rotatable bonds is 5. The van der Waals surface area contributed by atoms with Crippen molar-refractivity contribution in [1.82, 2.24) is 5.32 Å². The summed E-state index contributed by atoms with van der Waals surface area (Å²) in [6.45, 7) is 4.51. The molecule has 1 heterocycles. The molecule has 16 heavy (non-hydrogen) atoms. The summed E-state index contributed by atoms with van der Waals surface area (Å²) in [5.74, 6) is 0.642. The molecule has 1 fully saturated rings. The van der Waals surface area contributed by atoms with Crippen molar-refractivity contribution in [3.63, 3.8) is 0 Å². The van der Waals surface area contributed by atoms with Crippen LogP contribution < -0.4 is 5.32 Å². The van der Waals surface area contributed by atoms with Crippen LogP contribution in [-0.4, -0.2) is 17.3 Å². The molecule has 2 rings (SSSR count). The Morgan fingerprint density at radius 2 is 2.31 bits per heavy atom. The number of halogens is 1. The van der Waals surface area contributed by atoms with Crippen molar-refractivity contribution < 1.29 is 5.11 Å². The molecule has 2 N–H and O–H groups in total. The lowest BCUT2D eigenvalue weighted by molar-refractivity contribution is 0.144. The molecule has 90 valence electrons. The molecule has 0 amide bonds. The van der Waals surface area contributed by atoms with Gasteiger partial charge in [-0.25, -0.2) is 0 Å². The Balaban J connectivity index is 2.02. The van der Waals surface area contributed by atoms with E-state index in [-0.39, 0.29) is 12.1 Å². The fourth-order valence-corrected chi connectivity index (χ4v) is 3.57. The van der Waals surface area contributed by atoms with Crippen molar-refractivity contribution in [2.75, 3.05) is 6.61 Å². The molecule has 0 aromatic carbocycles. The van der Waals surface area contributed by atoms with E-state index in [4.69, 9.17) is 0 Å². The summed E-state index contributed by atoms with van der Waals surface area (Å²) >= 11 is 5.23. The largest absolute Gasteiger partial charge is 0.394 e. The van der Waals surface area contributed by atoms with Gasteiger partial charge in [0.2, 0.25) is 0 Å². The van der Waals surface area contributed by atoms with Gasteiger partial charge in [0, 0.05) is 16.5 Å². The summed E-state index contributed by atoms with van der Waals surface area (Å²) in [6, 6.07) is 4.51. The van der Waals surface area contributed by atoms with Crippen molar-refractivity contribution in [2.24, 2.45) is 5.92 Å². The summed E-state index contributed by atoms with van der Waals surface area (Å²) in [7, 11) is 0. The molecule has 1 aromatic rings. The molecule has 2 atom stereocenters. The monoisotopic (exact) mass is 303 g/mol. The topological polar surface area (TPSA) is 32.3 Å². The van der Waals surface area contributed by atoms with E-state index in [2.05, 4.69) is 47.2 Å². The van der Waals surface area contributed by atoms with Crippen LogP contribution in [0.3, 0.4) is 0 Å². The number of nitrogens with one attached hydrogen (secondary N) is 1.